The molecule has 0 atom stereocenters. The van der Waals surface area contributed by atoms with Crippen molar-refractivity contribution >= 4 is 39.7 Å². The standard InChI is InChI=1S/C31H30ClN5O3/c1-4-39-30-17-28-26(15-21(30)14-25(38)9-7-13-37(2)3)31(22(18-33)19-35-28)36-23-10-11-29(27(32)16-23)40-20-24-8-5-6-12-34-24/h5-12,15-17,19H,4,13-14,20H2,1-3H3,(H,35,36)/b9-7+/i1D3,4D2,7D,9D. The Hall–Kier alpha value is -4.45. The lowest BCUT2D eigenvalue weighted by molar-refractivity contribution is -0.114. The largest absolute Gasteiger partial charge is 0.494 e. The van der Waals surface area contributed by atoms with E-state index in [1.165, 1.54) is 18.3 Å². The number of fused-ring (bicyclic) bond motifs is 1. The predicted octanol–water partition coefficient (Wildman–Crippen LogP) is 6.11. The predicted molar refractivity (Wildman–Crippen MR) is 157 cm³/mol. The van der Waals surface area contributed by atoms with Gasteiger partial charge in [-0.15, -0.1) is 0 Å². The number of benzene rings is 2. The zero-order valence-corrected chi connectivity index (χ0v) is 22.5. The number of hydrogen-bond donors (Lipinski definition) is 1. The molecule has 0 bridgehead atoms. The first-order valence-electron chi connectivity index (χ1n) is 15.6. The highest BCUT2D eigenvalue weighted by molar-refractivity contribution is 6.32. The average Bonchev–Trinajstić information content (AvgIpc) is 3.00. The fourth-order valence-corrected chi connectivity index (χ4v) is 4.00. The van der Waals surface area contributed by atoms with Crippen LogP contribution in [-0.2, 0) is 17.8 Å². The van der Waals surface area contributed by atoms with Gasteiger partial charge < -0.3 is 19.7 Å². The van der Waals surface area contributed by atoms with Crippen molar-refractivity contribution in [3.8, 4) is 17.6 Å². The molecule has 4 rings (SSSR count). The smallest absolute Gasteiger partial charge is 0.159 e. The van der Waals surface area contributed by atoms with E-state index < -0.39 is 31.7 Å². The Bertz CT molecular complexity index is 1860. The molecule has 0 unspecified atom stereocenters. The molecule has 8 nitrogen and oxygen atoms in total. The summed E-state index contributed by atoms with van der Waals surface area (Å²) in [6.45, 7) is -6.10. The van der Waals surface area contributed by atoms with Gasteiger partial charge in [-0.05, 0) is 63.4 Å². The van der Waals surface area contributed by atoms with Crippen molar-refractivity contribution in [3.05, 3.63) is 94.9 Å². The van der Waals surface area contributed by atoms with E-state index in [2.05, 4.69) is 21.4 Å². The lowest BCUT2D eigenvalue weighted by Crippen LogP contribution is -2.11. The maximum atomic E-state index is 13.1. The maximum Gasteiger partial charge on any atom is 0.159 e. The number of hydrogen-bond acceptors (Lipinski definition) is 8. The number of allylic oxidation sites excluding steroid dienone is 1. The SMILES string of the molecule is [2H]/C(CN(C)C)=C(/[2H])C(=O)Cc1cc2c(Nc3ccc(OCc4ccccn4)c(Cl)c3)c(C#N)cnc2cc1OC([2H])([2H])C([2H])([2H])[2H]. The Balaban J connectivity index is 1.76. The fraction of sp³-hybridized carbons (Fsp3) is 0.226. The number of ether oxygens (including phenoxy) is 2. The van der Waals surface area contributed by atoms with Gasteiger partial charge >= 0.3 is 0 Å². The minimum Gasteiger partial charge on any atom is -0.494 e. The third-order valence-electron chi connectivity index (χ3n) is 5.61. The molecule has 0 spiro atoms. The third kappa shape index (κ3) is 7.35. The van der Waals surface area contributed by atoms with Gasteiger partial charge in [-0.3, -0.25) is 14.8 Å². The van der Waals surface area contributed by atoms with E-state index in [-0.39, 0.29) is 52.3 Å². The van der Waals surface area contributed by atoms with Crippen molar-refractivity contribution in [2.24, 2.45) is 0 Å². The van der Waals surface area contributed by atoms with E-state index in [1.807, 2.05) is 12.1 Å². The van der Waals surface area contributed by atoms with E-state index in [1.54, 1.807) is 49.5 Å². The van der Waals surface area contributed by atoms with Gasteiger partial charge in [-0.25, -0.2) is 0 Å². The van der Waals surface area contributed by atoms with Crippen molar-refractivity contribution in [3.63, 3.8) is 0 Å². The van der Waals surface area contributed by atoms with Crippen LogP contribution in [-0.4, -0.2) is 47.9 Å². The summed E-state index contributed by atoms with van der Waals surface area (Å²) in [4.78, 5) is 23.3. The first-order chi connectivity index (χ1) is 22.1. The maximum absolute atomic E-state index is 13.1. The van der Waals surface area contributed by atoms with E-state index in [0.717, 1.165) is 0 Å². The minimum atomic E-state index is -3.18. The fourth-order valence-electron chi connectivity index (χ4n) is 3.76. The Morgan fingerprint density at radius 3 is 2.83 bits per heavy atom. The van der Waals surface area contributed by atoms with Crippen molar-refractivity contribution in [2.45, 2.75) is 19.9 Å². The molecule has 0 amide bonds. The summed E-state index contributed by atoms with van der Waals surface area (Å²) in [6.07, 6.45) is 2.41. The van der Waals surface area contributed by atoms with Crippen LogP contribution in [0.15, 0.2) is 73.0 Å². The lowest BCUT2D eigenvalue weighted by atomic mass is 10.0. The molecule has 0 aliphatic carbocycles. The van der Waals surface area contributed by atoms with Gasteiger partial charge in [0, 0.05) is 52.2 Å². The summed E-state index contributed by atoms with van der Waals surface area (Å²) in [5, 5.41) is 13.7. The van der Waals surface area contributed by atoms with Gasteiger partial charge in [-0.1, -0.05) is 23.7 Å². The van der Waals surface area contributed by atoms with E-state index >= 15 is 0 Å². The number of carbonyl (C=O) groups is 1. The number of nitriles is 1. The number of halogens is 1. The molecule has 204 valence electrons. The Morgan fingerprint density at radius 1 is 1.23 bits per heavy atom. The first-order valence-corrected chi connectivity index (χ1v) is 12.5. The van der Waals surface area contributed by atoms with E-state index in [0.29, 0.717) is 22.5 Å². The van der Waals surface area contributed by atoms with Crippen LogP contribution in [0.5, 0.6) is 11.5 Å². The molecule has 0 fully saturated rings. The van der Waals surface area contributed by atoms with Gasteiger partial charge in [0.25, 0.3) is 0 Å². The molecule has 0 saturated heterocycles. The number of nitrogens with one attached hydrogen (secondary N) is 1. The van der Waals surface area contributed by atoms with Gasteiger partial charge in [0.05, 0.1) is 39.5 Å². The summed E-state index contributed by atoms with van der Waals surface area (Å²) in [5.41, 5.74) is 1.78. The Morgan fingerprint density at radius 2 is 2.10 bits per heavy atom. The quantitative estimate of drug-likeness (QED) is 0.207. The third-order valence-corrected chi connectivity index (χ3v) is 5.90. The number of likely N-dealkylation sites (N-methyl/N-ethyl adjacent to an activating group) is 1. The highest BCUT2D eigenvalue weighted by Crippen LogP contribution is 2.36. The van der Waals surface area contributed by atoms with Crippen molar-refractivity contribution in [1.29, 1.82) is 5.26 Å². The van der Waals surface area contributed by atoms with Crippen LogP contribution in [0.1, 0.15) is 33.3 Å². The molecule has 2 aromatic carbocycles. The molecular formula is C31H30ClN5O3. The van der Waals surface area contributed by atoms with E-state index in [9.17, 15) is 10.1 Å². The van der Waals surface area contributed by atoms with Crippen molar-refractivity contribution in [2.75, 3.05) is 32.5 Å². The van der Waals surface area contributed by atoms with Crippen LogP contribution in [0.4, 0.5) is 11.4 Å². The van der Waals surface area contributed by atoms with E-state index in [4.69, 9.17) is 30.7 Å². The molecule has 0 radical (unpaired) electrons. The second kappa shape index (κ2) is 13.6. The average molecular weight is 563 g/mol. The number of pyridine rings is 2. The number of nitrogens with zero attached hydrogens (tertiary/aromatic N) is 4. The van der Waals surface area contributed by atoms with Crippen LogP contribution in [0.25, 0.3) is 10.9 Å². The summed E-state index contributed by atoms with van der Waals surface area (Å²) in [6, 6.07) is 14.3. The topological polar surface area (TPSA) is 100 Å². The summed E-state index contributed by atoms with van der Waals surface area (Å²) < 4.78 is 66.2. The van der Waals surface area contributed by atoms with Crippen LogP contribution < -0.4 is 14.8 Å². The number of aromatic nitrogens is 2. The lowest BCUT2D eigenvalue weighted by Gasteiger charge is -2.16. The van der Waals surface area contributed by atoms with Gasteiger partial charge in [-0.2, -0.15) is 5.26 Å². The highest BCUT2D eigenvalue weighted by Gasteiger charge is 2.16. The van der Waals surface area contributed by atoms with Gasteiger partial charge in [0.2, 0.25) is 0 Å². The van der Waals surface area contributed by atoms with Crippen LogP contribution in [0, 0.1) is 11.3 Å². The summed E-state index contributed by atoms with van der Waals surface area (Å²) >= 11 is 6.50. The second-order valence-corrected chi connectivity index (χ2v) is 9.27. The molecule has 40 heavy (non-hydrogen) atoms. The molecule has 1 N–H and O–H groups in total. The van der Waals surface area contributed by atoms with Crippen LogP contribution in [0.2, 0.25) is 5.02 Å². The van der Waals surface area contributed by atoms with Crippen molar-refractivity contribution < 1.29 is 23.9 Å². The molecule has 0 aliphatic heterocycles. The van der Waals surface area contributed by atoms with Gasteiger partial charge in [0.1, 0.15) is 24.2 Å². The van der Waals surface area contributed by atoms with Crippen LogP contribution in [0.3, 0.4) is 0 Å². The molecule has 0 aliphatic rings. The van der Waals surface area contributed by atoms with Crippen LogP contribution >= 0.6 is 11.6 Å². The molecule has 0 saturated carbocycles. The molecule has 2 heterocycles. The first kappa shape index (κ1) is 20.5. The van der Waals surface area contributed by atoms with Crippen molar-refractivity contribution in [1.82, 2.24) is 14.9 Å². The number of carbonyl (C=O) groups excluding carboxylic acids is 1. The molecule has 9 heteroatoms. The highest BCUT2D eigenvalue weighted by atomic mass is 35.5. The monoisotopic (exact) mass is 562 g/mol. The Labute approximate surface area is 248 Å². The Kier molecular flexibility index (Phi) is 6.93. The second-order valence-electron chi connectivity index (χ2n) is 8.86. The summed E-state index contributed by atoms with van der Waals surface area (Å²) in [7, 11) is 3.37. The molecule has 2 aromatic heterocycles. The zero-order valence-electron chi connectivity index (χ0n) is 28.8. The normalized spacial score (nSPS) is 14.8. The zero-order chi connectivity index (χ0) is 34.5. The molecular weight excluding hydrogens is 526 g/mol. The number of ketones is 1. The number of anilines is 2. The number of rotatable bonds is 12. The minimum absolute atomic E-state index is 0.0225. The summed E-state index contributed by atoms with van der Waals surface area (Å²) in [5.74, 6) is -0.668. The molecule has 4 aromatic rings. The van der Waals surface area contributed by atoms with Gasteiger partial charge in [0.15, 0.2) is 5.78 Å².